The Kier molecular flexibility index (Phi) is 4.37. The fraction of sp³-hybridized carbons (Fsp3) is 0.294. The van der Waals surface area contributed by atoms with Crippen LogP contribution in [-0.2, 0) is 6.18 Å². The first-order valence-electron chi connectivity index (χ1n) is 6.74. The van der Waals surface area contributed by atoms with Crippen molar-refractivity contribution in [2.24, 2.45) is 0 Å². The average Bonchev–Trinajstić information content (AvgIpc) is 2.46. The van der Waals surface area contributed by atoms with E-state index < -0.39 is 17.8 Å². The molecule has 0 amide bonds. The molecule has 0 fully saturated rings. The molecule has 4 heteroatoms. The van der Waals surface area contributed by atoms with Crippen molar-refractivity contribution in [3.63, 3.8) is 0 Å². The average molecular weight is 294 g/mol. The van der Waals surface area contributed by atoms with Gasteiger partial charge in [-0.15, -0.1) is 0 Å². The largest absolute Gasteiger partial charge is 0.416 e. The molecule has 0 saturated carbocycles. The van der Waals surface area contributed by atoms with E-state index in [1.807, 2.05) is 12.1 Å². The maximum absolute atomic E-state index is 12.5. The monoisotopic (exact) mass is 294 g/mol. The van der Waals surface area contributed by atoms with Gasteiger partial charge in [0.2, 0.25) is 0 Å². The molecule has 2 aromatic carbocycles. The Morgan fingerprint density at radius 2 is 1.14 bits per heavy atom. The van der Waals surface area contributed by atoms with Crippen molar-refractivity contribution in [3.05, 3.63) is 70.8 Å². The molecule has 0 aromatic heterocycles. The summed E-state index contributed by atoms with van der Waals surface area (Å²) in [6.07, 6.45) is -5.28. The summed E-state index contributed by atoms with van der Waals surface area (Å²) >= 11 is 0. The minimum atomic E-state index is -4.36. The van der Waals surface area contributed by atoms with Gasteiger partial charge in [0.1, 0.15) is 6.10 Å². The second kappa shape index (κ2) is 5.90. The first-order chi connectivity index (χ1) is 9.79. The van der Waals surface area contributed by atoms with Crippen molar-refractivity contribution in [1.29, 1.82) is 0 Å². The van der Waals surface area contributed by atoms with Crippen molar-refractivity contribution in [2.75, 3.05) is 0 Å². The maximum atomic E-state index is 12.5. The number of aliphatic hydroxyl groups excluding tert-OH is 1. The second-order valence-corrected chi connectivity index (χ2v) is 5.34. The molecule has 0 aliphatic rings. The molecule has 1 unspecified atom stereocenters. The number of benzene rings is 2. The van der Waals surface area contributed by atoms with Gasteiger partial charge in [0.15, 0.2) is 0 Å². The SMILES string of the molecule is CC(C)c1ccc(C(O)c2ccc(C(F)(F)F)cc2)cc1. The predicted molar refractivity (Wildman–Crippen MR) is 76.0 cm³/mol. The molecule has 2 rings (SSSR count). The van der Waals surface area contributed by atoms with Crippen LogP contribution in [-0.4, -0.2) is 5.11 Å². The minimum absolute atomic E-state index is 0.391. The lowest BCUT2D eigenvalue weighted by molar-refractivity contribution is -0.137. The lowest BCUT2D eigenvalue weighted by Crippen LogP contribution is -2.06. The Labute approximate surface area is 122 Å². The van der Waals surface area contributed by atoms with Crippen LogP contribution in [0.25, 0.3) is 0 Å². The smallest absolute Gasteiger partial charge is 0.384 e. The quantitative estimate of drug-likeness (QED) is 0.852. The van der Waals surface area contributed by atoms with Crippen molar-refractivity contribution >= 4 is 0 Å². The molecule has 0 aliphatic carbocycles. The van der Waals surface area contributed by atoms with Gasteiger partial charge in [-0.25, -0.2) is 0 Å². The molecular formula is C17H17F3O. The summed E-state index contributed by atoms with van der Waals surface area (Å²) in [5.74, 6) is 0.391. The first-order valence-corrected chi connectivity index (χ1v) is 6.74. The van der Waals surface area contributed by atoms with Gasteiger partial charge in [-0.2, -0.15) is 13.2 Å². The highest BCUT2D eigenvalue weighted by molar-refractivity contribution is 5.34. The molecule has 21 heavy (non-hydrogen) atoms. The molecule has 2 aromatic rings. The summed E-state index contributed by atoms with van der Waals surface area (Å²) in [5, 5.41) is 10.2. The number of rotatable bonds is 3. The Hall–Kier alpha value is -1.81. The van der Waals surface area contributed by atoms with Gasteiger partial charge in [0, 0.05) is 0 Å². The normalized spacial score (nSPS) is 13.5. The standard InChI is InChI=1S/C17H17F3O/c1-11(2)12-3-5-13(6-4-12)16(21)14-7-9-15(10-8-14)17(18,19)20/h3-11,16,21H,1-2H3. The third kappa shape index (κ3) is 3.64. The highest BCUT2D eigenvalue weighted by Crippen LogP contribution is 2.31. The van der Waals surface area contributed by atoms with Gasteiger partial charge in [0.05, 0.1) is 5.56 Å². The fourth-order valence-corrected chi connectivity index (χ4v) is 2.11. The lowest BCUT2D eigenvalue weighted by atomic mass is 9.96. The van der Waals surface area contributed by atoms with Crippen molar-refractivity contribution < 1.29 is 18.3 Å². The summed E-state index contributed by atoms with van der Waals surface area (Å²) in [6.45, 7) is 4.14. The van der Waals surface area contributed by atoms with E-state index >= 15 is 0 Å². The van der Waals surface area contributed by atoms with E-state index in [0.717, 1.165) is 17.7 Å². The minimum Gasteiger partial charge on any atom is -0.384 e. The highest BCUT2D eigenvalue weighted by atomic mass is 19.4. The van der Waals surface area contributed by atoms with Crippen LogP contribution in [0, 0.1) is 0 Å². The van der Waals surface area contributed by atoms with Gasteiger partial charge in [-0.3, -0.25) is 0 Å². The van der Waals surface area contributed by atoms with Crippen LogP contribution in [0.15, 0.2) is 48.5 Å². The molecule has 0 saturated heterocycles. The number of hydrogen-bond donors (Lipinski definition) is 1. The van der Waals surface area contributed by atoms with Gasteiger partial charge >= 0.3 is 6.18 Å². The number of alkyl halides is 3. The summed E-state index contributed by atoms with van der Waals surface area (Å²) in [4.78, 5) is 0. The number of halogens is 3. The van der Waals surface area contributed by atoms with Crippen LogP contribution >= 0.6 is 0 Å². The Bertz CT molecular complexity index is 583. The Morgan fingerprint density at radius 3 is 1.52 bits per heavy atom. The Balaban J connectivity index is 2.21. The zero-order valence-corrected chi connectivity index (χ0v) is 11.9. The van der Waals surface area contributed by atoms with Crippen LogP contribution in [0.1, 0.15) is 48.1 Å². The molecule has 0 aliphatic heterocycles. The van der Waals surface area contributed by atoms with Gasteiger partial charge in [-0.05, 0) is 34.7 Å². The summed E-state index contributed by atoms with van der Waals surface area (Å²) in [5.41, 5.74) is 1.55. The van der Waals surface area contributed by atoms with Crippen molar-refractivity contribution in [3.8, 4) is 0 Å². The zero-order chi connectivity index (χ0) is 15.6. The van der Waals surface area contributed by atoms with Crippen molar-refractivity contribution in [2.45, 2.75) is 32.0 Å². The van der Waals surface area contributed by atoms with Gasteiger partial charge in [0.25, 0.3) is 0 Å². The van der Waals surface area contributed by atoms with Crippen LogP contribution in [0.3, 0.4) is 0 Å². The van der Waals surface area contributed by atoms with Crippen LogP contribution < -0.4 is 0 Å². The number of aliphatic hydroxyl groups is 1. The van der Waals surface area contributed by atoms with Gasteiger partial charge in [-0.1, -0.05) is 50.2 Å². The van der Waals surface area contributed by atoms with Crippen LogP contribution in [0.4, 0.5) is 13.2 Å². The second-order valence-electron chi connectivity index (χ2n) is 5.34. The van der Waals surface area contributed by atoms with Gasteiger partial charge < -0.3 is 5.11 Å². The van der Waals surface area contributed by atoms with E-state index in [1.165, 1.54) is 12.1 Å². The van der Waals surface area contributed by atoms with E-state index in [0.29, 0.717) is 17.0 Å². The summed E-state index contributed by atoms with van der Waals surface area (Å²) in [7, 11) is 0. The highest BCUT2D eigenvalue weighted by Gasteiger charge is 2.30. The van der Waals surface area contributed by atoms with E-state index in [4.69, 9.17) is 0 Å². The number of hydrogen-bond acceptors (Lipinski definition) is 1. The molecular weight excluding hydrogens is 277 g/mol. The first kappa shape index (κ1) is 15.6. The molecule has 0 spiro atoms. The molecule has 0 bridgehead atoms. The van der Waals surface area contributed by atoms with Crippen LogP contribution in [0.2, 0.25) is 0 Å². The molecule has 112 valence electrons. The maximum Gasteiger partial charge on any atom is 0.416 e. The summed E-state index contributed by atoms with van der Waals surface area (Å²) < 4.78 is 37.5. The van der Waals surface area contributed by atoms with E-state index in [-0.39, 0.29) is 0 Å². The van der Waals surface area contributed by atoms with E-state index in [1.54, 1.807) is 12.1 Å². The summed E-state index contributed by atoms with van der Waals surface area (Å²) in [6, 6.07) is 12.0. The van der Waals surface area contributed by atoms with Crippen molar-refractivity contribution in [1.82, 2.24) is 0 Å². The topological polar surface area (TPSA) is 20.2 Å². The molecule has 0 heterocycles. The van der Waals surface area contributed by atoms with E-state index in [2.05, 4.69) is 13.8 Å². The fourth-order valence-electron chi connectivity index (χ4n) is 2.11. The third-order valence-corrected chi connectivity index (χ3v) is 3.47. The molecule has 1 nitrogen and oxygen atoms in total. The predicted octanol–water partition coefficient (Wildman–Crippen LogP) is 4.91. The molecule has 0 radical (unpaired) electrons. The Morgan fingerprint density at radius 1 is 0.762 bits per heavy atom. The molecule has 1 atom stereocenters. The van der Waals surface area contributed by atoms with E-state index in [9.17, 15) is 18.3 Å². The lowest BCUT2D eigenvalue weighted by Gasteiger charge is -2.14. The molecule has 1 N–H and O–H groups in total. The third-order valence-electron chi connectivity index (χ3n) is 3.47. The van der Waals surface area contributed by atoms with Crippen LogP contribution in [0.5, 0.6) is 0 Å². The zero-order valence-electron chi connectivity index (χ0n) is 11.9.